The van der Waals surface area contributed by atoms with Gasteiger partial charge in [-0.2, -0.15) is 0 Å². The fourth-order valence-corrected chi connectivity index (χ4v) is 2.50. The Labute approximate surface area is 131 Å². The van der Waals surface area contributed by atoms with Gasteiger partial charge in [-0.15, -0.1) is 0 Å². The van der Waals surface area contributed by atoms with Crippen molar-refractivity contribution >= 4 is 27.8 Å². The van der Waals surface area contributed by atoms with E-state index in [2.05, 4.69) is 21.2 Å². The van der Waals surface area contributed by atoms with E-state index < -0.39 is 5.97 Å². The average Bonchev–Trinajstić information content (AvgIpc) is 3.21. The molecule has 21 heavy (non-hydrogen) atoms. The van der Waals surface area contributed by atoms with E-state index in [-0.39, 0.29) is 31.4 Å². The van der Waals surface area contributed by atoms with E-state index in [4.69, 9.17) is 9.84 Å². The minimum absolute atomic E-state index is 0.0110. The number of carbonyl (C=O) groups is 2. The minimum Gasteiger partial charge on any atom is -0.493 e. The molecular weight excluding hydrogens is 338 g/mol. The summed E-state index contributed by atoms with van der Waals surface area (Å²) < 4.78 is 6.41. The first kappa shape index (κ1) is 15.8. The molecule has 5 nitrogen and oxygen atoms in total. The van der Waals surface area contributed by atoms with Crippen LogP contribution < -0.4 is 10.1 Å². The van der Waals surface area contributed by atoms with Crippen molar-refractivity contribution in [1.82, 2.24) is 5.32 Å². The lowest BCUT2D eigenvalue weighted by atomic mass is 10.1. The van der Waals surface area contributed by atoms with Crippen molar-refractivity contribution in [3.63, 3.8) is 0 Å². The Morgan fingerprint density at radius 3 is 2.81 bits per heavy atom. The lowest BCUT2D eigenvalue weighted by molar-refractivity contribution is -0.137. The summed E-state index contributed by atoms with van der Waals surface area (Å²) in [6, 6.07) is 7.15. The highest BCUT2D eigenvalue weighted by atomic mass is 79.9. The van der Waals surface area contributed by atoms with Gasteiger partial charge in [0.15, 0.2) is 0 Å². The average molecular weight is 356 g/mol. The molecule has 1 aromatic rings. The molecule has 1 fully saturated rings. The number of carboxylic acids is 1. The molecule has 114 valence electrons. The highest BCUT2D eigenvalue weighted by Crippen LogP contribution is 2.34. The Hall–Kier alpha value is -1.56. The molecule has 0 aromatic heterocycles. The fraction of sp³-hybridized carbons (Fsp3) is 0.467. The van der Waals surface area contributed by atoms with Crippen LogP contribution in [-0.2, 0) is 9.59 Å². The molecule has 0 radical (unpaired) electrons. The van der Waals surface area contributed by atoms with Crippen molar-refractivity contribution < 1.29 is 19.4 Å². The number of benzene rings is 1. The van der Waals surface area contributed by atoms with Crippen LogP contribution in [0.3, 0.4) is 0 Å². The predicted octanol–water partition coefficient (Wildman–Crippen LogP) is 2.59. The molecule has 0 heterocycles. The van der Waals surface area contributed by atoms with Crippen molar-refractivity contribution in [3.05, 3.63) is 28.7 Å². The highest BCUT2D eigenvalue weighted by Gasteiger charge is 2.33. The monoisotopic (exact) mass is 355 g/mol. The summed E-state index contributed by atoms with van der Waals surface area (Å²) in [7, 11) is 0. The zero-order valence-corrected chi connectivity index (χ0v) is 13.1. The van der Waals surface area contributed by atoms with Crippen LogP contribution in [0.2, 0.25) is 0 Å². The Morgan fingerprint density at radius 2 is 2.19 bits per heavy atom. The summed E-state index contributed by atoms with van der Waals surface area (Å²) in [6.07, 6.45) is 2.19. The van der Waals surface area contributed by atoms with Gasteiger partial charge in [0.1, 0.15) is 5.75 Å². The smallest absolute Gasteiger partial charge is 0.305 e. The number of nitrogens with one attached hydrogen (secondary N) is 1. The Morgan fingerprint density at radius 1 is 1.43 bits per heavy atom. The van der Waals surface area contributed by atoms with Crippen LogP contribution in [0.25, 0.3) is 0 Å². The van der Waals surface area contributed by atoms with E-state index in [1.54, 1.807) is 0 Å². The number of carboxylic acid groups (broad SMARTS) is 1. The molecule has 6 heteroatoms. The molecular formula is C15H18BrNO4. The molecule has 2 rings (SSSR count). The zero-order valence-electron chi connectivity index (χ0n) is 11.5. The number of carbonyl (C=O) groups excluding carboxylic acids is 1. The van der Waals surface area contributed by atoms with Crippen LogP contribution in [0, 0.1) is 5.92 Å². The summed E-state index contributed by atoms with van der Waals surface area (Å²) in [5, 5.41) is 11.6. The van der Waals surface area contributed by atoms with Gasteiger partial charge in [-0.05, 0) is 37.0 Å². The van der Waals surface area contributed by atoms with Crippen LogP contribution in [0.15, 0.2) is 28.7 Å². The summed E-state index contributed by atoms with van der Waals surface area (Å²) in [6.45, 7) is 0.271. The van der Waals surface area contributed by atoms with Gasteiger partial charge in [0.25, 0.3) is 0 Å². The first-order valence-corrected chi connectivity index (χ1v) is 7.73. The SMILES string of the molecule is O=C(O)CC(NC(=O)CCOc1cccc(Br)c1)C1CC1. The standard InChI is InChI=1S/C15H18BrNO4/c16-11-2-1-3-12(8-11)21-7-6-14(18)17-13(9-15(19)20)10-4-5-10/h1-3,8,10,13H,4-7,9H2,(H,17,18)(H,19,20). The second-order valence-electron chi connectivity index (χ2n) is 5.17. The molecule has 0 aliphatic heterocycles. The van der Waals surface area contributed by atoms with E-state index in [0.717, 1.165) is 17.3 Å². The summed E-state index contributed by atoms with van der Waals surface area (Å²) in [5.41, 5.74) is 0. The molecule has 1 aliphatic rings. The Kier molecular flexibility index (Phi) is 5.61. The second kappa shape index (κ2) is 7.45. The topological polar surface area (TPSA) is 75.6 Å². The maximum Gasteiger partial charge on any atom is 0.305 e. The van der Waals surface area contributed by atoms with Gasteiger partial charge in [0.2, 0.25) is 5.91 Å². The summed E-state index contributed by atoms with van der Waals surface area (Å²) in [4.78, 5) is 22.6. The van der Waals surface area contributed by atoms with Crippen molar-refractivity contribution in [2.45, 2.75) is 31.7 Å². The molecule has 0 saturated heterocycles. The van der Waals surface area contributed by atoms with Gasteiger partial charge in [-0.3, -0.25) is 9.59 Å². The van der Waals surface area contributed by atoms with Crippen molar-refractivity contribution in [2.75, 3.05) is 6.61 Å². The number of rotatable bonds is 8. The van der Waals surface area contributed by atoms with Gasteiger partial charge in [-0.25, -0.2) is 0 Å². The van der Waals surface area contributed by atoms with Crippen LogP contribution >= 0.6 is 15.9 Å². The molecule has 1 saturated carbocycles. The van der Waals surface area contributed by atoms with Crippen LogP contribution in [0.1, 0.15) is 25.7 Å². The lowest BCUT2D eigenvalue weighted by Crippen LogP contribution is -2.38. The third-order valence-electron chi connectivity index (χ3n) is 3.33. The van der Waals surface area contributed by atoms with Gasteiger partial charge < -0.3 is 15.2 Å². The van der Waals surface area contributed by atoms with E-state index >= 15 is 0 Å². The normalized spacial score (nSPS) is 15.3. The van der Waals surface area contributed by atoms with Gasteiger partial charge >= 0.3 is 5.97 Å². The highest BCUT2D eigenvalue weighted by molar-refractivity contribution is 9.10. The lowest BCUT2D eigenvalue weighted by Gasteiger charge is -2.16. The maximum absolute atomic E-state index is 11.8. The maximum atomic E-state index is 11.8. The largest absolute Gasteiger partial charge is 0.493 e. The van der Waals surface area contributed by atoms with Crippen molar-refractivity contribution in [2.24, 2.45) is 5.92 Å². The number of ether oxygens (including phenoxy) is 1. The van der Waals surface area contributed by atoms with Gasteiger partial charge in [0.05, 0.1) is 19.4 Å². The first-order chi connectivity index (χ1) is 10.0. The second-order valence-corrected chi connectivity index (χ2v) is 6.08. The fourth-order valence-electron chi connectivity index (χ4n) is 2.12. The third kappa shape index (κ3) is 5.75. The quantitative estimate of drug-likeness (QED) is 0.751. The van der Waals surface area contributed by atoms with Gasteiger partial charge in [0, 0.05) is 10.5 Å². The molecule has 1 aliphatic carbocycles. The summed E-state index contributed by atoms with van der Waals surface area (Å²) in [5.74, 6) is -0.0294. The Bertz CT molecular complexity index is 516. The molecule has 0 bridgehead atoms. The molecule has 2 N–H and O–H groups in total. The van der Waals surface area contributed by atoms with Crippen LogP contribution in [0.5, 0.6) is 5.75 Å². The van der Waals surface area contributed by atoms with Crippen molar-refractivity contribution in [3.8, 4) is 5.75 Å². The first-order valence-electron chi connectivity index (χ1n) is 6.94. The molecule has 1 unspecified atom stereocenters. The van der Waals surface area contributed by atoms with Gasteiger partial charge in [-0.1, -0.05) is 22.0 Å². The zero-order chi connectivity index (χ0) is 15.2. The predicted molar refractivity (Wildman–Crippen MR) is 81.2 cm³/mol. The molecule has 1 aromatic carbocycles. The Balaban J connectivity index is 1.72. The number of hydrogen-bond donors (Lipinski definition) is 2. The number of amides is 1. The molecule has 1 amide bonds. The molecule has 1 atom stereocenters. The van der Waals surface area contributed by atoms with Crippen LogP contribution in [-0.4, -0.2) is 29.6 Å². The molecule has 0 spiro atoms. The summed E-state index contributed by atoms with van der Waals surface area (Å²) >= 11 is 3.35. The number of aliphatic carboxylic acids is 1. The van der Waals surface area contributed by atoms with E-state index in [0.29, 0.717) is 11.7 Å². The number of hydrogen-bond acceptors (Lipinski definition) is 3. The van der Waals surface area contributed by atoms with E-state index in [1.807, 2.05) is 24.3 Å². The minimum atomic E-state index is -0.877. The number of halogens is 1. The van der Waals surface area contributed by atoms with Crippen LogP contribution in [0.4, 0.5) is 0 Å². The van der Waals surface area contributed by atoms with Crippen molar-refractivity contribution in [1.29, 1.82) is 0 Å². The third-order valence-corrected chi connectivity index (χ3v) is 3.82. The van der Waals surface area contributed by atoms with E-state index in [9.17, 15) is 9.59 Å². The van der Waals surface area contributed by atoms with E-state index in [1.165, 1.54) is 0 Å².